The number of aliphatic hydroxyl groups is 2. The van der Waals surface area contributed by atoms with Crippen LogP contribution in [0.1, 0.15) is 88.0 Å². The van der Waals surface area contributed by atoms with Crippen LogP contribution in [0.5, 0.6) is 0 Å². The van der Waals surface area contributed by atoms with Crippen molar-refractivity contribution in [2.45, 2.75) is 89.3 Å². The number of hydrogen-bond donors (Lipinski definition) is 2. The van der Waals surface area contributed by atoms with E-state index in [9.17, 15) is 10.2 Å². The van der Waals surface area contributed by atoms with E-state index >= 15 is 0 Å². The van der Waals surface area contributed by atoms with Crippen molar-refractivity contribution in [1.82, 2.24) is 0 Å². The summed E-state index contributed by atoms with van der Waals surface area (Å²) in [7, 11) is 0. The summed E-state index contributed by atoms with van der Waals surface area (Å²) in [4.78, 5) is 0. The third-order valence-electron chi connectivity index (χ3n) is 6.05. The quantitative estimate of drug-likeness (QED) is 0.805. The van der Waals surface area contributed by atoms with E-state index in [0.29, 0.717) is 12.3 Å². The van der Waals surface area contributed by atoms with Gasteiger partial charge in [0.2, 0.25) is 0 Å². The van der Waals surface area contributed by atoms with Crippen LogP contribution in [-0.4, -0.2) is 16.5 Å². The maximum absolute atomic E-state index is 9.41. The minimum atomic E-state index is -1.20. The van der Waals surface area contributed by atoms with Crippen LogP contribution >= 0.6 is 0 Å². The molecule has 1 unspecified atom stereocenters. The molecule has 2 N–H and O–H groups in total. The van der Waals surface area contributed by atoms with Crippen molar-refractivity contribution in [3.8, 4) is 0 Å². The molecule has 0 aliphatic heterocycles. The average Bonchev–Trinajstić information content (AvgIpc) is 2.43. The standard InChI is InChI=1S/C20H30O2/c1-19(2)8-9-20(3,4)17-12-15-13(10-16(17)19)6-5-7-14(15)11-18(21)22/h10,12,14,18,21-22H,5-9,11H2,1-4H3. The van der Waals surface area contributed by atoms with Crippen molar-refractivity contribution in [1.29, 1.82) is 0 Å². The molecule has 2 aliphatic rings. The molecule has 0 saturated carbocycles. The van der Waals surface area contributed by atoms with E-state index in [-0.39, 0.29) is 10.8 Å². The maximum Gasteiger partial charge on any atom is 0.152 e. The fourth-order valence-corrected chi connectivity index (χ4v) is 4.47. The van der Waals surface area contributed by atoms with Gasteiger partial charge in [0.15, 0.2) is 6.29 Å². The molecule has 22 heavy (non-hydrogen) atoms. The molecule has 2 aliphatic carbocycles. The van der Waals surface area contributed by atoms with E-state index in [2.05, 4.69) is 39.8 Å². The van der Waals surface area contributed by atoms with Crippen LogP contribution in [0.4, 0.5) is 0 Å². The monoisotopic (exact) mass is 302 g/mol. The predicted molar refractivity (Wildman–Crippen MR) is 90.2 cm³/mol. The predicted octanol–water partition coefficient (Wildman–Crippen LogP) is 4.16. The zero-order valence-corrected chi connectivity index (χ0v) is 14.4. The Hall–Kier alpha value is -0.860. The molecular formula is C20H30O2. The zero-order valence-electron chi connectivity index (χ0n) is 14.4. The molecule has 1 aromatic rings. The molecular weight excluding hydrogens is 272 g/mol. The largest absolute Gasteiger partial charge is 0.368 e. The van der Waals surface area contributed by atoms with Crippen molar-refractivity contribution in [3.63, 3.8) is 0 Å². The van der Waals surface area contributed by atoms with E-state index < -0.39 is 6.29 Å². The third kappa shape index (κ3) is 2.72. The Balaban J connectivity index is 2.12. The van der Waals surface area contributed by atoms with Crippen LogP contribution in [0.25, 0.3) is 0 Å². The summed E-state index contributed by atoms with van der Waals surface area (Å²) in [6, 6.07) is 4.86. The molecule has 0 heterocycles. The van der Waals surface area contributed by atoms with Crippen molar-refractivity contribution in [2.24, 2.45) is 0 Å². The number of benzene rings is 1. The Morgan fingerprint density at radius 3 is 2.23 bits per heavy atom. The zero-order chi connectivity index (χ0) is 16.1. The number of hydrogen-bond acceptors (Lipinski definition) is 2. The molecule has 0 amide bonds. The van der Waals surface area contributed by atoms with Crippen molar-refractivity contribution in [2.75, 3.05) is 0 Å². The second-order valence-corrected chi connectivity index (χ2v) is 8.67. The number of rotatable bonds is 2. The molecule has 2 heteroatoms. The molecule has 0 spiro atoms. The van der Waals surface area contributed by atoms with Gasteiger partial charge in [0.05, 0.1) is 0 Å². The van der Waals surface area contributed by atoms with Crippen molar-refractivity contribution >= 4 is 0 Å². The second kappa shape index (κ2) is 5.35. The Kier molecular flexibility index (Phi) is 3.89. The second-order valence-electron chi connectivity index (χ2n) is 8.67. The molecule has 0 fully saturated rings. The van der Waals surface area contributed by atoms with Gasteiger partial charge in [-0.1, -0.05) is 39.8 Å². The summed E-state index contributed by atoms with van der Waals surface area (Å²) in [5, 5.41) is 18.8. The Labute approximate surface area is 134 Å². The van der Waals surface area contributed by atoms with E-state index in [4.69, 9.17) is 0 Å². The van der Waals surface area contributed by atoms with Crippen LogP contribution in [0, 0.1) is 0 Å². The lowest BCUT2D eigenvalue weighted by Crippen LogP contribution is -2.34. The lowest BCUT2D eigenvalue weighted by molar-refractivity contribution is -0.0507. The number of aryl methyl sites for hydroxylation is 1. The van der Waals surface area contributed by atoms with Gasteiger partial charge in [0.1, 0.15) is 0 Å². The van der Waals surface area contributed by atoms with Crippen LogP contribution in [0.15, 0.2) is 12.1 Å². The van der Waals surface area contributed by atoms with Crippen LogP contribution in [0.2, 0.25) is 0 Å². The molecule has 0 bridgehead atoms. The number of fused-ring (bicyclic) bond motifs is 2. The molecule has 3 rings (SSSR count). The summed E-state index contributed by atoms with van der Waals surface area (Å²) in [6.45, 7) is 9.44. The van der Waals surface area contributed by atoms with Crippen molar-refractivity contribution in [3.05, 3.63) is 34.4 Å². The summed E-state index contributed by atoms with van der Waals surface area (Å²) >= 11 is 0. The lowest BCUT2D eigenvalue weighted by atomic mass is 9.61. The highest BCUT2D eigenvalue weighted by molar-refractivity contribution is 5.49. The average molecular weight is 302 g/mol. The summed E-state index contributed by atoms with van der Waals surface area (Å²) in [6.07, 6.45) is 5.10. The molecule has 1 aromatic carbocycles. The first-order valence-electron chi connectivity index (χ1n) is 8.75. The van der Waals surface area contributed by atoms with E-state index in [1.54, 1.807) is 0 Å². The summed E-state index contributed by atoms with van der Waals surface area (Å²) < 4.78 is 0. The van der Waals surface area contributed by atoms with Gasteiger partial charge in [-0.2, -0.15) is 0 Å². The first-order valence-corrected chi connectivity index (χ1v) is 8.75. The molecule has 2 nitrogen and oxygen atoms in total. The van der Waals surface area contributed by atoms with Gasteiger partial charge < -0.3 is 10.2 Å². The molecule has 1 atom stereocenters. The van der Waals surface area contributed by atoms with Gasteiger partial charge in [-0.05, 0) is 71.1 Å². The maximum atomic E-state index is 9.41. The molecule has 0 aromatic heterocycles. The Morgan fingerprint density at radius 2 is 1.64 bits per heavy atom. The van der Waals surface area contributed by atoms with E-state index in [0.717, 1.165) is 19.3 Å². The summed E-state index contributed by atoms with van der Waals surface area (Å²) in [5.74, 6) is 0.301. The highest BCUT2D eigenvalue weighted by Crippen LogP contribution is 2.48. The van der Waals surface area contributed by atoms with Crippen LogP contribution < -0.4 is 0 Å². The van der Waals surface area contributed by atoms with E-state index in [1.165, 1.54) is 35.1 Å². The highest BCUT2D eigenvalue weighted by atomic mass is 16.5. The van der Waals surface area contributed by atoms with Crippen LogP contribution in [0.3, 0.4) is 0 Å². The SMILES string of the molecule is CC1(C)CCC(C)(C)c2cc3c(cc21)CCCC3CC(O)O. The fraction of sp³-hybridized carbons (Fsp3) is 0.700. The minimum Gasteiger partial charge on any atom is -0.368 e. The minimum absolute atomic E-state index is 0.222. The first-order chi connectivity index (χ1) is 10.2. The summed E-state index contributed by atoms with van der Waals surface area (Å²) in [5.41, 5.74) is 6.31. The molecule has 0 radical (unpaired) electrons. The van der Waals surface area contributed by atoms with E-state index in [1.807, 2.05) is 0 Å². The normalized spacial score (nSPS) is 25.7. The van der Waals surface area contributed by atoms with Crippen LogP contribution in [-0.2, 0) is 17.3 Å². The fourth-order valence-electron chi connectivity index (χ4n) is 4.47. The Bertz CT molecular complexity index is 569. The molecule has 0 saturated heterocycles. The highest BCUT2D eigenvalue weighted by Gasteiger charge is 2.38. The Morgan fingerprint density at radius 1 is 1.05 bits per heavy atom. The lowest BCUT2D eigenvalue weighted by Gasteiger charge is -2.43. The molecule has 122 valence electrons. The smallest absolute Gasteiger partial charge is 0.152 e. The third-order valence-corrected chi connectivity index (χ3v) is 6.05. The van der Waals surface area contributed by atoms with Gasteiger partial charge in [-0.25, -0.2) is 0 Å². The topological polar surface area (TPSA) is 40.5 Å². The van der Waals surface area contributed by atoms with Gasteiger partial charge in [-0.3, -0.25) is 0 Å². The number of aliphatic hydroxyl groups excluding tert-OH is 1. The van der Waals surface area contributed by atoms with Gasteiger partial charge >= 0.3 is 0 Å². The van der Waals surface area contributed by atoms with Gasteiger partial charge in [0, 0.05) is 6.42 Å². The van der Waals surface area contributed by atoms with Gasteiger partial charge in [-0.15, -0.1) is 0 Å². The first kappa shape index (κ1) is 16.0. The van der Waals surface area contributed by atoms with Crippen molar-refractivity contribution < 1.29 is 10.2 Å². The van der Waals surface area contributed by atoms with Gasteiger partial charge in [0.25, 0.3) is 0 Å².